The number of aromatic nitrogens is 1. The summed E-state index contributed by atoms with van der Waals surface area (Å²) in [7, 11) is 0. The van der Waals surface area contributed by atoms with E-state index in [1.807, 2.05) is 12.4 Å². The number of halogens is 2. The minimum absolute atomic E-state index is 0.837. The van der Waals surface area contributed by atoms with Gasteiger partial charge in [-0.25, -0.2) is 0 Å². The monoisotopic (exact) mass is 332 g/mol. The Morgan fingerprint density at radius 1 is 1.53 bits per heavy atom. The van der Waals surface area contributed by atoms with Crippen LogP contribution in [-0.4, -0.2) is 23.4 Å². The zero-order valence-corrected chi connectivity index (χ0v) is 11.7. The van der Waals surface area contributed by atoms with Crippen molar-refractivity contribution in [3.63, 3.8) is 0 Å². The normalized spacial score (nSPS) is 20.9. The number of hydrogen-bond acceptors (Lipinski definition) is 2. The molecule has 1 aromatic heterocycles. The first-order valence-electron chi connectivity index (χ1n) is 5.21. The highest BCUT2D eigenvalue weighted by Crippen LogP contribution is 2.30. The summed E-state index contributed by atoms with van der Waals surface area (Å²) in [6.45, 7) is 2.34. The van der Waals surface area contributed by atoms with E-state index in [4.69, 9.17) is 0 Å². The molecule has 1 fully saturated rings. The summed E-state index contributed by atoms with van der Waals surface area (Å²) in [6.07, 6.45) is 6.31. The minimum atomic E-state index is 0.837. The topological polar surface area (TPSA) is 16.1 Å². The van der Waals surface area contributed by atoms with E-state index in [2.05, 4.69) is 47.8 Å². The first kappa shape index (κ1) is 11.4. The van der Waals surface area contributed by atoms with E-state index >= 15 is 0 Å². The maximum absolute atomic E-state index is 4.09. The van der Waals surface area contributed by atoms with Gasteiger partial charge in [0, 0.05) is 30.8 Å². The minimum Gasteiger partial charge on any atom is -0.370 e. The van der Waals surface area contributed by atoms with Gasteiger partial charge in [-0.2, -0.15) is 0 Å². The number of pyridine rings is 1. The molecular weight excluding hydrogens is 320 g/mol. The Morgan fingerprint density at radius 2 is 2.40 bits per heavy atom. The Balaban J connectivity index is 2.04. The van der Waals surface area contributed by atoms with Crippen molar-refractivity contribution < 1.29 is 0 Å². The standard InChI is InChI=1S/C11H14Br2N2/c12-4-1-9-3-6-15(8-9)11-2-5-14-7-10(11)13/h2,5,7,9H,1,3-4,6,8H2. The summed E-state index contributed by atoms with van der Waals surface area (Å²) in [5.74, 6) is 0.837. The molecule has 0 saturated carbocycles. The molecule has 1 unspecified atom stereocenters. The molecule has 1 aliphatic rings. The molecule has 0 N–H and O–H groups in total. The number of rotatable bonds is 3. The van der Waals surface area contributed by atoms with Crippen LogP contribution in [0.1, 0.15) is 12.8 Å². The van der Waals surface area contributed by atoms with Gasteiger partial charge in [0.25, 0.3) is 0 Å². The van der Waals surface area contributed by atoms with Crippen LogP contribution in [0, 0.1) is 5.92 Å². The second kappa shape index (κ2) is 5.30. The van der Waals surface area contributed by atoms with Gasteiger partial charge in [-0.1, -0.05) is 15.9 Å². The second-order valence-electron chi connectivity index (χ2n) is 3.91. The molecule has 2 rings (SSSR count). The number of hydrogen-bond donors (Lipinski definition) is 0. The van der Waals surface area contributed by atoms with Crippen LogP contribution in [0.4, 0.5) is 5.69 Å². The number of nitrogens with zero attached hydrogens (tertiary/aromatic N) is 2. The van der Waals surface area contributed by atoms with E-state index in [0.29, 0.717) is 0 Å². The van der Waals surface area contributed by atoms with Gasteiger partial charge < -0.3 is 4.90 Å². The van der Waals surface area contributed by atoms with E-state index < -0.39 is 0 Å². The van der Waals surface area contributed by atoms with Crippen molar-refractivity contribution in [1.29, 1.82) is 0 Å². The van der Waals surface area contributed by atoms with Crippen molar-refractivity contribution in [2.24, 2.45) is 5.92 Å². The van der Waals surface area contributed by atoms with Crippen LogP contribution in [0.5, 0.6) is 0 Å². The summed E-state index contributed by atoms with van der Waals surface area (Å²) in [5, 5.41) is 1.11. The van der Waals surface area contributed by atoms with Crippen LogP contribution < -0.4 is 4.90 Å². The van der Waals surface area contributed by atoms with Crippen LogP contribution in [0.3, 0.4) is 0 Å². The molecule has 1 saturated heterocycles. The van der Waals surface area contributed by atoms with Gasteiger partial charge in [0.2, 0.25) is 0 Å². The Labute approximate surface area is 107 Å². The predicted molar refractivity (Wildman–Crippen MR) is 70.7 cm³/mol. The molecule has 0 amide bonds. The first-order chi connectivity index (χ1) is 7.31. The summed E-state index contributed by atoms with van der Waals surface area (Å²) in [5.41, 5.74) is 1.28. The predicted octanol–water partition coefficient (Wildman–Crippen LogP) is 3.46. The van der Waals surface area contributed by atoms with E-state index in [0.717, 1.165) is 15.7 Å². The van der Waals surface area contributed by atoms with Crippen molar-refractivity contribution in [2.75, 3.05) is 23.3 Å². The largest absolute Gasteiger partial charge is 0.370 e. The number of anilines is 1. The van der Waals surface area contributed by atoms with Gasteiger partial charge in [-0.15, -0.1) is 0 Å². The molecular formula is C11H14Br2N2. The summed E-state index contributed by atoms with van der Waals surface area (Å²) >= 11 is 7.06. The average Bonchev–Trinajstić information content (AvgIpc) is 2.68. The lowest BCUT2D eigenvalue weighted by atomic mass is 10.1. The smallest absolute Gasteiger partial charge is 0.0592 e. The van der Waals surface area contributed by atoms with Crippen molar-refractivity contribution >= 4 is 37.5 Å². The Hall–Kier alpha value is -0.0900. The van der Waals surface area contributed by atoms with Crippen molar-refractivity contribution in [2.45, 2.75) is 12.8 Å². The molecule has 15 heavy (non-hydrogen) atoms. The molecule has 82 valence electrons. The fourth-order valence-corrected chi connectivity index (χ4v) is 3.21. The highest BCUT2D eigenvalue weighted by molar-refractivity contribution is 9.10. The van der Waals surface area contributed by atoms with Crippen molar-refractivity contribution in [3.8, 4) is 0 Å². The Morgan fingerprint density at radius 3 is 3.13 bits per heavy atom. The third-order valence-corrected chi connectivity index (χ3v) is 3.96. The Kier molecular flexibility index (Phi) is 4.03. The van der Waals surface area contributed by atoms with Gasteiger partial charge in [-0.3, -0.25) is 4.98 Å². The number of alkyl halides is 1. The fraction of sp³-hybridized carbons (Fsp3) is 0.545. The van der Waals surface area contributed by atoms with Crippen LogP contribution in [0.25, 0.3) is 0 Å². The molecule has 1 aromatic rings. The van der Waals surface area contributed by atoms with Crippen molar-refractivity contribution in [3.05, 3.63) is 22.9 Å². The van der Waals surface area contributed by atoms with Crippen LogP contribution in [0.15, 0.2) is 22.9 Å². The zero-order valence-electron chi connectivity index (χ0n) is 8.50. The highest BCUT2D eigenvalue weighted by atomic mass is 79.9. The lowest BCUT2D eigenvalue weighted by Crippen LogP contribution is -2.20. The highest BCUT2D eigenvalue weighted by Gasteiger charge is 2.23. The molecule has 0 aliphatic carbocycles. The van der Waals surface area contributed by atoms with E-state index in [1.54, 1.807) is 0 Å². The van der Waals surface area contributed by atoms with E-state index in [-0.39, 0.29) is 0 Å². The van der Waals surface area contributed by atoms with Crippen molar-refractivity contribution in [1.82, 2.24) is 4.98 Å². The van der Waals surface area contributed by atoms with Gasteiger partial charge in [0.1, 0.15) is 0 Å². The molecule has 0 aromatic carbocycles. The maximum Gasteiger partial charge on any atom is 0.0592 e. The zero-order chi connectivity index (χ0) is 10.7. The average molecular weight is 334 g/mol. The molecule has 2 nitrogen and oxygen atoms in total. The van der Waals surface area contributed by atoms with Crippen LogP contribution >= 0.6 is 31.9 Å². The molecule has 0 spiro atoms. The van der Waals surface area contributed by atoms with Crippen LogP contribution in [-0.2, 0) is 0 Å². The fourth-order valence-electron chi connectivity index (χ4n) is 2.07. The molecule has 0 radical (unpaired) electrons. The SMILES string of the molecule is BrCCC1CCN(c2ccncc2Br)C1. The van der Waals surface area contributed by atoms with Crippen LogP contribution in [0.2, 0.25) is 0 Å². The molecule has 1 atom stereocenters. The Bertz CT molecular complexity index is 330. The third kappa shape index (κ3) is 2.72. The van der Waals surface area contributed by atoms with Gasteiger partial charge in [-0.05, 0) is 40.8 Å². The van der Waals surface area contributed by atoms with E-state index in [1.165, 1.54) is 31.6 Å². The lowest BCUT2D eigenvalue weighted by molar-refractivity contribution is 0.576. The van der Waals surface area contributed by atoms with Gasteiger partial charge >= 0.3 is 0 Å². The molecule has 4 heteroatoms. The molecule has 0 bridgehead atoms. The lowest BCUT2D eigenvalue weighted by Gasteiger charge is -2.19. The molecule has 2 heterocycles. The second-order valence-corrected chi connectivity index (χ2v) is 5.55. The summed E-state index contributed by atoms with van der Waals surface area (Å²) in [4.78, 5) is 6.53. The first-order valence-corrected chi connectivity index (χ1v) is 7.13. The maximum atomic E-state index is 4.09. The molecule has 1 aliphatic heterocycles. The summed E-state index contributed by atoms with van der Waals surface area (Å²) < 4.78 is 1.10. The third-order valence-electron chi connectivity index (χ3n) is 2.89. The van der Waals surface area contributed by atoms with Gasteiger partial charge in [0.15, 0.2) is 0 Å². The van der Waals surface area contributed by atoms with Gasteiger partial charge in [0.05, 0.1) is 10.2 Å². The van der Waals surface area contributed by atoms with E-state index in [9.17, 15) is 0 Å². The quantitative estimate of drug-likeness (QED) is 0.787. The summed E-state index contributed by atoms with van der Waals surface area (Å²) in [6, 6.07) is 2.08.